The van der Waals surface area contributed by atoms with Gasteiger partial charge in [-0.25, -0.2) is 0 Å². The van der Waals surface area contributed by atoms with Crippen molar-refractivity contribution in [2.24, 2.45) is 0 Å². The topological polar surface area (TPSA) is 42.3 Å². The summed E-state index contributed by atoms with van der Waals surface area (Å²) in [5.74, 6) is 0. The highest BCUT2D eigenvalue weighted by Gasteiger charge is 2.20. The quantitative estimate of drug-likeness (QED) is 0.663. The van der Waals surface area contributed by atoms with Crippen LogP contribution in [0.5, 0.6) is 0 Å². The zero-order chi connectivity index (χ0) is 12.6. The highest BCUT2D eigenvalue weighted by molar-refractivity contribution is 5.03. The lowest BCUT2D eigenvalue weighted by molar-refractivity contribution is 0.275. The Bertz CT molecular complexity index is 222. The molecule has 0 radical (unpaired) electrons. The van der Waals surface area contributed by atoms with Crippen molar-refractivity contribution in [2.45, 2.75) is 25.3 Å². The molecule has 0 amide bonds. The molecule has 0 aliphatic carbocycles. The summed E-state index contributed by atoms with van der Waals surface area (Å²) in [4.78, 5) is 4.48. The molecule has 0 heterocycles. The molecule has 0 aromatic heterocycles. The van der Waals surface area contributed by atoms with Crippen molar-refractivity contribution >= 4 is 0 Å². The van der Waals surface area contributed by atoms with Gasteiger partial charge in [0.25, 0.3) is 0 Å². The van der Waals surface area contributed by atoms with Crippen molar-refractivity contribution in [2.75, 3.05) is 47.8 Å². The molecule has 1 atom stereocenters. The third-order valence-electron chi connectivity index (χ3n) is 2.94. The van der Waals surface area contributed by atoms with Crippen LogP contribution in [0.3, 0.4) is 0 Å². The standard InChI is InChI=1S/C12H26N4/c1-12(11-13,14-2)7-10-16(5)9-6-8-15(3)4/h14H,6-10H2,1-5H3. The van der Waals surface area contributed by atoms with Gasteiger partial charge < -0.3 is 15.1 Å². The van der Waals surface area contributed by atoms with Gasteiger partial charge >= 0.3 is 0 Å². The van der Waals surface area contributed by atoms with Crippen LogP contribution in [-0.4, -0.2) is 63.2 Å². The molecular formula is C12H26N4. The van der Waals surface area contributed by atoms with E-state index in [4.69, 9.17) is 5.26 Å². The fraction of sp³-hybridized carbons (Fsp3) is 0.917. The summed E-state index contributed by atoms with van der Waals surface area (Å²) in [5.41, 5.74) is -0.393. The maximum absolute atomic E-state index is 9.01. The van der Waals surface area contributed by atoms with Gasteiger partial charge in [-0.2, -0.15) is 5.26 Å². The number of nitriles is 1. The van der Waals surface area contributed by atoms with E-state index in [2.05, 4.69) is 42.3 Å². The van der Waals surface area contributed by atoms with E-state index in [1.165, 1.54) is 6.42 Å². The van der Waals surface area contributed by atoms with Gasteiger partial charge in [0.15, 0.2) is 0 Å². The highest BCUT2D eigenvalue weighted by atomic mass is 15.1. The van der Waals surface area contributed by atoms with Crippen molar-refractivity contribution in [3.05, 3.63) is 0 Å². The van der Waals surface area contributed by atoms with Crippen molar-refractivity contribution in [3.8, 4) is 6.07 Å². The Morgan fingerprint density at radius 1 is 1.19 bits per heavy atom. The first-order valence-corrected chi connectivity index (χ1v) is 5.87. The van der Waals surface area contributed by atoms with Crippen LogP contribution >= 0.6 is 0 Å². The monoisotopic (exact) mass is 226 g/mol. The maximum Gasteiger partial charge on any atom is 0.104 e. The molecular weight excluding hydrogens is 200 g/mol. The van der Waals surface area contributed by atoms with E-state index in [-0.39, 0.29) is 0 Å². The highest BCUT2D eigenvalue weighted by Crippen LogP contribution is 2.07. The van der Waals surface area contributed by atoms with E-state index in [0.29, 0.717) is 0 Å². The van der Waals surface area contributed by atoms with Crippen LogP contribution in [0.25, 0.3) is 0 Å². The van der Waals surface area contributed by atoms with E-state index in [1.807, 2.05) is 14.0 Å². The van der Waals surface area contributed by atoms with Gasteiger partial charge in [0.2, 0.25) is 0 Å². The molecule has 0 saturated carbocycles. The largest absolute Gasteiger partial charge is 0.309 e. The zero-order valence-electron chi connectivity index (χ0n) is 11.4. The first-order chi connectivity index (χ1) is 7.43. The lowest BCUT2D eigenvalue weighted by Crippen LogP contribution is -2.41. The predicted octanol–water partition coefficient (Wildman–Crippen LogP) is 0.762. The molecule has 94 valence electrons. The molecule has 0 rings (SSSR count). The SMILES string of the molecule is CNC(C)(C#N)CCN(C)CCCN(C)C. The van der Waals surface area contributed by atoms with Crippen LogP contribution in [0.1, 0.15) is 19.8 Å². The maximum atomic E-state index is 9.01. The normalized spacial score (nSPS) is 15.1. The Balaban J connectivity index is 3.73. The molecule has 16 heavy (non-hydrogen) atoms. The molecule has 0 aliphatic rings. The molecule has 0 aromatic carbocycles. The molecule has 4 nitrogen and oxygen atoms in total. The number of hydrogen-bond donors (Lipinski definition) is 1. The third-order valence-corrected chi connectivity index (χ3v) is 2.94. The van der Waals surface area contributed by atoms with E-state index in [0.717, 1.165) is 26.1 Å². The van der Waals surface area contributed by atoms with Crippen LogP contribution in [0.15, 0.2) is 0 Å². The van der Waals surface area contributed by atoms with E-state index < -0.39 is 5.54 Å². The molecule has 0 spiro atoms. The minimum atomic E-state index is -0.393. The van der Waals surface area contributed by atoms with Crippen LogP contribution in [0.4, 0.5) is 0 Å². The van der Waals surface area contributed by atoms with Crippen molar-refractivity contribution in [1.29, 1.82) is 5.26 Å². The summed E-state index contributed by atoms with van der Waals surface area (Å²) >= 11 is 0. The third kappa shape index (κ3) is 6.78. The molecule has 1 N–H and O–H groups in total. The first-order valence-electron chi connectivity index (χ1n) is 5.87. The van der Waals surface area contributed by atoms with Crippen LogP contribution in [-0.2, 0) is 0 Å². The van der Waals surface area contributed by atoms with E-state index >= 15 is 0 Å². The second-order valence-electron chi connectivity index (χ2n) is 4.90. The average Bonchev–Trinajstić information content (AvgIpc) is 2.25. The lowest BCUT2D eigenvalue weighted by atomic mass is 10.0. The van der Waals surface area contributed by atoms with Crippen LogP contribution in [0.2, 0.25) is 0 Å². The minimum Gasteiger partial charge on any atom is -0.309 e. The second kappa shape index (κ2) is 7.61. The summed E-state index contributed by atoms with van der Waals surface area (Å²) in [6.07, 6.45) is 2.03. The van der Waals surface area contributed by atoms with Crippen molar-refractivity contribution in [3.63, 3.8) is 0 Å². The fourth-order valence-electron chi connectivity index (χ4n) is 1.42. The molecule has 0 fully saturated rings. The molecule has 0 bridgehead atoms. The lowest BCUT2D eigenvalue weighted by Gasteiger charge is -2.25. The molecule has 0 saturated heterocycles. The summed E-state index contributed by atoms with van der Waals surface area (Å²) in [6, 6.07) is 2.31. The van der Waals surface area contributed by atoms with E-state index in [9.17, 15) is 0 Å². The van der Waals surface area contributed by atoms with Crippen LogP contribution in [0, 0.1) is 11.3 Å². The Morgan fingerprint density at radius 2 is 1.81 bits per heavy atom. The fourth-order valence-corrected chi connectivity index (χ4v) is 1.42. The molecule has 0 aromatic rings. The molecule has 0 aliphatic heterocycles. The van der Waals surface area contributed by atoms with Gasteiger partial charge in [-0.15, -0.1) is 0 Å². The van der Waals surface area contributed by atoms with Gasteiger partial charge in [-0.05, 0) is 61.0 Å². The average molecular weight is 226 g/mol. The number of rotatable bonds is 8. The zero-order valence-corrected chi connectivity index (χ0v) is 11.4. The second-order valence-corrected chi connectivity index (χ2v) is 4.90. The summed E-state index contributed by atoms with van der Waals surface area (Å²) in [6.45, 7) is 5.11. The van der Waals surface area contributed by atoms with Gasteiger partial charge in [0.05, 0.1) is 6.07 Å². The Labute approximate surface area is 100 Å². The Kier molecular flexibility index (Phi) is 7.31. The summed E-state index contributed by atoms with van der Waals surface area (Å²) < 4.78 is 0. The van der Waals surface area contributed by atoms with Crippen molar-refractivity contribution < 1.29 is 0 Å². The first kappa shape index (κ1) is 15.4. The Morgan fingerprint density at radius 3 is 2.25 bits per heavy atom. The number of nitrogens with one attached hydrogen (secondary N) is 1. The van der Waals surface area contributed by atoms with Gasteiger partial charge in [-0.1, -0.05) is 0 Å². The summed E-state index contributed by atoms with van der Waals surface area (Å²) in [7, 11) is 8.14. The minimum absolute atomic E-state index is 0.393. The Hall–Kier alpha value is -0.630. The van der Waals surface area contributed by atoms with Gasteiger partial charge in [-0.3, -0.25) is 0 Å². The van der Waals surface area contributed by atoms with Crippen molar-refractivity contribution in [1.82, 2.24) is 15.1 Å². The summed E-state index contributed by atoms with van der Waals surface area (Å²) in [5, 5.41) is 12.1. The van der Waals surface area contributed by atoms with Gasteiger partial charge in [0, 0.05) is 6.54 Å². The molecule has 4 heteroatoms. The van der Waals surface area contributed by atoms with Crippen LogP contribution < -0.4 is 5.32 Å². The van der Waals surface area contributed by atoms with E-state index in [1.54, 1.807) is 0 Å². The number of nitrogens with zero attached hydrogens (tertiary/aromatic N) is 3. The van der Waals surface area contributed by atoms with Gasteiger partial charge in [0.1, 0.15) is 5.54 Å². The molecule has 1 unspecified atom stereocenters. The predicted molar refractivity (Wildman–Crippen MR) is 68.4 cm³/mol. The smallest absolute Gasteiger partial charge is 0.104 e. The number of hydrogen-bond acceptors (Lipinski definition) is 4.